The summed E-state index contributed by atoms with van der Waals surface area (Å²) < 4.78 is 7.28. The lowest BCUT2D eigenvalue weighted by Crippen LogP contribution is -2.47. The Bertz CT molecular complexity index is 1290. The van der Waals surface area contributed by atoms with Crippen LogP contribution in [0.5, 0.6) is 5.75 Å². The van der Waals surface area contributed by atoms with Crippen LogP contribution in [0.25, 0.3) is 11.4 Å². The molecule has 1 aliphatic heterocycles. The molecule has 0 aliphatic carbocycles. The molecule has 4 rings (SSSR count). The lowest BCUT2D eigenvalue weighted by Gasteiger charge is -2.34. The number of amides is 2. The molecule has 208 valence electrons. The summed E-state index contributed by atoms with van der Waals surface area (Å²) in [5.74, 6) is 0.640. The Morgan fingerprint density at radius 1 is 1.05 bits per heavy atom. The van der Waals surface area contributed by atoms with Crippen molar-refractivity contribution >= 4 is 29.0 Å². The number of hydrogen-bond acceptors (Lipinski definition) is 10. The molecule has 1 fully saturated rings. The summed E-state index contributed by atoms with van der Waals surface area (Å²) in [6.45, 7) is 7.94. The Labute approximate surface area is 227 Å². The number of rotatable bonds is 11. The van der Waals surface area contributed by atoms with E-state index in [0.29, 0.717) is 41.5 Å². The highest BCUT2D eigenvalue weighted by molar-refractivity contribution is 5.99. The zero-order valence-corrected chi connectivity index (χ0v) is 22.9. The minimum atomic E-state index is -0.424. The largest absolute Gasteiger partial charge is 0.494 e. The summed E-state index contributed by atoms with van der Waals surface area (Å²) in [5.41, 5.74) is 1.68. The highest BCUT2D eigenvalue weighted by Crippen LogP contribution is 2.37. The molecule has 2 aromatic heterocycles. The number of piperazine rings is 1. The molecule has 2 amide bonds. The molecule has 0 atom stereocenters. The van der Waals surface area contributed by atoms with Crippen molar-refractivity contribution in [3.8, 4) is 17.1 Å². The van der Waals surface area contributed by atoms with Crippen LogP contribution in [-0.2, 0) is 11.8 Å². The molecule has 3 heterocycles. The van der Waals surface area contributed by atoms with Crippen LogP contribution in [0.4, 0.5) is 17.2 Å². The van der Waals surface area contributed by atoms with Gasteiger partial charge in [0.25, 0.3) is 5.91 Å². The standard InChI is InChI=1S/C26H36N10O3/c1-5-10-35-12-14-36(15-13-35)11-9-22(37)30-21-16-20(23(32-31-21)26(38)27-2)29-19-8-6-7-18(24(19)39-4)25-28-17-34(3)33-25/h6-8,16-17H,5,9-15H2,1-4H3,(H,27,38)(H2,29,30,31,37). The maximum absolute atomic E-state index is 12.7. The molecule has 1 aliphatic rings. The van der Waals surface area contributed by atoms with Crippen LogP contribution in [0.2, 0.25) is 0 Å². The van der Waals surface area contributed by atoms with E-state index < -0.39 is 5.91 Å². The first-order chi connectivity index (χ1) is 18.9. The summed E-state index contributed by atoms with van der Waals surface area (Å²) in [5, 5.41) is 21.1. The van der Waals surface area contributed by atoms with E-state index in [9.17, 15) is 9.59 Å². The van der Waals surface area contributed by atoms with Crippen molar-refractivity contribution < 1.29 is 14.3 Å². The molecule has 13 heteroatoms. The molecule has 1 aromatic carbocycles. The number of nitrogens with one attached hydrogen (secondary N) is 3. The van der Waals surface area contributed by atoms with Crippen LogP contribution >= 0.6 is 0 Å². The number of carbonyl (C=O) groups excluding carboxylic acids is 2. The Morgan fingerprint density at radius 2 is 1.79 bits per heavy atom. The minimum absolute atomic E-state index is 0.0730. The Hall–Kier alpha value is -4.10. The quantitative estimate of drug-likeness (QED) is 0.332. The average molecular weight is 537 g/mol. The van der Waals surface area contributed by atoms with Gasteiger partial charge in [0.05, 0.1) is 24.0 Å². The maximum atomic E-state index is 12.7. The van der Waals surface area contributed by atoms with Crippen LogP contribution in [0.3, 0.4) is 0 Å². The molecule has 1 saturated heterocycles. The zero-order chi connectivity index (χ0) is 27.8. The SMILES string of the molecule is CCCN1CCN(CCC(=O)Nc2cc(Nc3cccc(-c4ncn(C)n4)c3OC)c(C(=O)NC)nn2)CC1. The molecule has 0 unspecified atom stereocenters. The van der Waals surface area contributed by atoms with E-state index in [1.807, 2.05) is 12.1 Å². The van der Waals surface area contributed by atoms with Gasteiger partial charge in [-0.2, -0.15) is 5.10 Å². The molecular weight excluding hydrogens is 500 g/mol. The second kappa shape index (κ2) is 13.1. The maximum Gasteiger partial charge on any atom is 0.273 e. The molecule has 3 N–H and O–H groups in total. The van der Waals surface area contributed by atoms with Gasteiger partial charge < -0.3 is 30.5 Å². The van der Waals surface area contributed by atoms with Crippen molar-refractivity contribution in [1.82, 2.24) is 40.1 Å². The predicted octanol–water partition coefficient (Wildman–Crippen LogP) is 1.74. The van der Waals surface area contributed by atoms with Gasteiger partial charge >= 0.3 is 0 Å². The van der Waals surface area contributed by atoms with Gasteiger partial charge in [-0.15, -0.1) is 10.2 Å². The van der Waals surface area contributed by atoms with Gasteiger partial charge in [0.15, 0.2) is 23.1 Å². The summed E-state index contributed by atoms with van der Waals surface area (Å²) in [6.07, 6.45) is 3.09. The summed E-state index contributed by atoms with van der Waals surface area (Å²) >= 11 is 0. The van der Waals surface area contributed by atoms with Crippen molar-refractivity contribution in [2.75, 3.05) is 64.1 Å². The first-order valence-corrected chi connectivity index (χ1v) is 13.1. The van der Waals surface area contributed by atoms with Gasteiger partial charge in [0, 0.05) is 59.3 Å². The Morgan fingerprint density at radius 3 is 2.44 bits per heavy atom. The minimum Gasteiger partial charge on any atom is -0.494 e. The molecule has 0 spiro atoms. The molecule has 0 radical (unpaired) electrons. The topological polar surface area (TPSA) is 142 Å². The fourth-order valence-corrected chi connectivity index (χ4v) is 4.49. The van der Waals surface area contributed by atoms with E-state index in [4.69, 9.17) is 4.74 Å². The molecule has 13 nitrogen and oxygen atoms in total. The van der Waals surface area contributed by atoms with Crippen LogP contribution in [-0.4, -0.2) is 100 Å². The number of nitrogens with zero attached hydrogens (tertiary/aromatic N) is 7. The predicted molar refractivity (Wildman–Crippen MR) is 148 cm³/mol. The fourth-order valence-electron chi connectivity index (χ4n) is 4.49. The third kappa shape index (κ3) is 7.06. The van der Waals surface area contributed by atoms with Gasteiger partial charge in [-0.05, 0) is 25.1 Å². The number of para-hydroxylation sites is 1. The van der Waals surface area contributed by atoms with Crippen molar-refractivity contribution in [3.05, 3.63) is 36.3 Å². The molecular formula is C26H36N10O3. The van der Waals surface area contributed by atoms with E-state index >= 15 is 0 Å². The van der Waals surface area contributed by atoms with Gasteiger partial charge in [-0.1, -0.05) is 13.0 Å². The number of carbonyl (C=O) groups is 2. The molecule has 0 bridgehead atoms. The Balaban J connectivity index is 1.48. The number of methoxy groups -OCH3 is 1. The molecule has 39 heavy (non-hydrogen) atoms. The van der Waals surface area contributed by atoms with Crippen molar-refractivity contribution in [1.29, 1.82) is 0 Å². The van der Waals surface area contributed by atoms with Crippen LogP contribution in [0.1, 0.15) is 30.3 Å². The van der Waals surface area contributed by atoms with E-state index in [1.54, 1.807) is 37.3 Å². The summed E-state index contributed by atoms with van der Waals surface area (Å²) in [4.78, 5) is 34.3. The molecule has 3 aromatic rings. The number of ether oxygens (including phenoxy) is 1. The normalized spacial score (nSPS) is 14.2. The third-order valence-corrected chi connectivity index (χ3v) is 6.49. The number of benzene rings is 1. The first-order valence-electron chi connectivity index (χ1n) is 13.1. The van der Waals surface area contributed by atoms with E-state index in [0.717, 1.165) is 39.1 Å². The second-order valence-electron chi connectivity index (χ2n) is 9.31. The lowest BCUT2D eigenvalue weighted by molar-refractivity contribution is -0.116. The smallest absolute Gasteiger partial charge is 0.273 e. The van der Waals surface area contributed by atoms with Crippen LogP contribution in [0, 0.1) is 0 Å². The lowest BCUT2D eigenvalue weighted by atomic mass is 10.1. The number of aromatic nitrogens is 5. The van der Waals surface area contributed by atoms with Gasteiger partial charge in [-0.25, -0.2) is 4.98 Å². The molecule has 0 saturated carbocycles. The van der Waals surface area contributed by atoms with Crippen molar-refractivity contribution in [3.63, 3.8) is 0 Å². The average Bonchev–Trinajstić information content (AvgIpc) is 3.38. The van der Waals surface area contributed by atoms with E-state index in [-0.39, 0.29) is 17.4 Å². The summed E-state index contributed by atoms with van der Waals surface area (Å²) in [6, 6.07) is 7.07. The monoisotopic (exact) mass is 536 g/mol. The zero-order valence-electron chi connectivity index (χ0n) is 22.9. The van der Waals surface area contributed by atoms with Crippen LogP contribution < -0.4 is 20.7 Å². The van der Waals surface area contributed by atoms with Crippen molar-refractivity contribution in [2.45, 2.75) is 19.8 Å². The highest BCUT2D eigenvalue weighted by atomic mass is 16.5. The van der Waals surface area contributed by atoms with E-state index in [2.05, 4.69) is 53.0 Å². The van der Waals surface area contributed by atoms with Crippen LogP contribution in [0.15, 0.2) is 30.6 Å². The fraction of sp³-hybridized carbons (Fsp3) is 0.462. The van der Waals surface area contributed by atoms with E-state index in [1.165, 1.54) is 7.05 Å². The van der Waals surface area contributed by atoms with Gasteiger partial charge in [0.1, 0.15) is 6.33 Å². The second-order valence-corrected chi connectivity index (χ2v) is 9.31. The van der Waals surface area contributed by atoms with Gasteiger partial charge in [0.2, 0.25) is 5.91 Å². The number of anilines is 3. The highest BCUT2D eigenvalue weighted by Gasteiger charge is 2.20. The number of aryl methyl sites for hydroxylation is 1. The number of hydrogen-bond donors (Lipinski definition) is 3. The van der Waals surface area contributed by atoms with Crippen molar-refractivity contribution in [2.24, 2.45) is 7.05 Å². The van der Waals surface area contributed by atoms with Gasteiger partial charge in [-0.3, -0.25) is 14.3 Å². The first kappa shape index (κ1) is 27.9. The Kier molecular flexibility index (Phi) is 9.39. The summed E-state index contributed by atoms with van der Waals surface area (Å²) in [7, 11) is 4.85. The third-order valence-electron chi connectivity index (χ3n) is 6.49.